The van der Waals surface area contributed by atoms with Crippen LogP contribution in [0.5, 0.6) is 0 Å². The number of anilines is 2. The molecule has 144 valence electrons. The van der Waals surface area contributed by atoms with E-state index in [0.717, 1.165) is 29.7 Å². The number of carbonyl (C=O) groups is 1. The molecule has 2 aromatic carbocycles. The number of fused-ring (bicyclic) bond motifs is 1. The summed E-state index contributed by atoms with van der Waals surface area (Å²) >= 11 is 0. The average molecular weight is 388 g/mol. The standard InChI is InChI=1S/C20H25N3O3S/c1-3-11-21-20(24)23-12-10-16-14-18(8-9-19(16)23)27(25,26)22-17-7-5-6-15(4-2)13-17/h5-9,13-14,22H,3-4,10-12H2,1-2H3,(H,21,24). The monoisotopic (exact) mass is 387 g/mol. The van der Waals surface area contributed by atoms with Crippen molar-refractivity contribution in [2.24, 2.45) is 0 Å². The number of rotatable bonds is 6. The van der Waals surface area contributed by atoms with Gasteiger partial charge in [0.2, 0.25) is 0 Å². The number of benzene rings is 2. The third kappa shape index (κ3) is 4.24. The maximum absolute atomic E-state index is 12.8. The van der Waals surface area contributed by atoms with Gasteiger partial charge in [0, 0.05) is 24.5 Å². The summed E-state index contributed by atoms with van der Waals surface area (Å²) in [6, 6.07) is 12.2. The molecule has 0 saturated heterocycles. The predicted molar refractivity (Wildman–Crippen MR) is 108 cm³/mol. The molecular formula is C20H25N3O3S. The Balaban J connectivity index is 1.81. The third-order valence-electron chi connectivity index (χ3n) is 4.62. The van der Waals surface area contributed by atoms with Gasteiger partial charge in [-0.05, 0) is 60.7 Å². The van der Waals surface area contributed by atoms with Crippen LogP contribution in [0.1, 0.15) is 31.4 Å². The molecule has 3 rings (SSSR count). The van der Waals surface area contributed by atoms with Crippen LogP contribution in [0.25, 0.3) is 0 Å². The van der Waals surface area contributed by atoms with Crippen LogP contribution in [0.3, 0.4) is 0 Å². The van der Waals surface area contributed by atoms with Crippen LogP contribution < -0.4 is 14.9 Å². The minimum Gasteiger partial charge on any atom is -0.338 e. The highest BCUT2D eigenvalue weighted by Gasteiger charge is 2.26. The van der Waals surface area contributed by atoms with Gasteiger partial charge < -0.3 is 5.32 Å². The molecule has 0 bridgehead atoms. The summed E-state index contributed by atoms with van der Waals surface area (Å²) in [5.74, 6) is 0. The second kappa shape index (κ2) is 8.00. The lowest BCUT2D eigenvalue weighted by molar-refractivity contribution is 0.247. The van der Waals surface area contributed by atoms with Crippen molar-refractivity contribution in [1.82, 2.24) is 5.32 Å². The van der Waals surface area contributed by atoms with Crippen molar-refractivity contribution in [2.75, 3.05) is 22.7 Å². The summed E-state index contributed by atoms with van der Waals surface area (Å²) in [6.45, 7) is 5.20. The molecule has 0 unspecified atom stereocenters. The maximum atomic E-state index is 12.8. The van der Waals surface area contributed by atoms with E-state index in [2.05, 4.69) is 10.0 Å². The summed E-state index contributed by atoms with van der Waals surface area (Å²) in [7, 11) is -3.68. The highest BCUT2D eigenvalue weighted by atomic mass is 32.2. The summed E-state index contributed by atoms with van der Waals surface area (Å²) in [6.07, 6.45) is 2.35. The summed E-state index contributed by atoms with van der Waals surface area (Å²) in [5.41, 5.74) is 3.26. The molecule has 0 atom stereocenters. The van der Waals surface area contributed by atoms with Crippen LogP contribution in [-0.2, 0) is 22.9 Å². The van der Waals surface area contributed by atoms with Crippen LogP contribution in [0.15, 0.2) is 47.4 Å². The quantitative estimate of drug-likeness (QED) is 0.796. The van der Waals surface area contributed by atoms with Crippen molar-refractivity contribution in [1.29, 1.82) is 0 Å². The Bertz CT molecular complexity index is 941. The normalized spacial score (nSPS) is 13.3. The molecule has 27 heavy (non-hydrogen) atoms. The molecule has 1 aliphatic heterocycles. The highest BCUT2D eigenvalue weighted by Crippen LogP contribution is 2.31. The summed E-state index contributed by atoms with van der Waals surface area (Å²) in [5, 5.41) is 2.86. The van der Waals surface area contributed by atoms with Gasteiger partial charge in [-0.3, -0.25) is 9.62 Å². The van der Waals surface area contributed by atoms with E-state index in [1.54, 1.807) is 29.2 Å². The topological polar surface area (TPSA) is 78.5 Å². The Hall–Kier alpha value is -2.54. The van der Waals surface area contributed by atoms with Gasteiger partial charge in [-0.25, -0.2) is 13.2 Å². The van der Waals surface area contributed by atoms with Crippen molar-refractivity contribution in [2.45, 2.75) is 38.0 Å². The van der Waals surface area contributed by atoms with Gasteiger partial charge in [-0.15, -0.1) is 0 Å². The van der Waals surface area contributed by atoms with Gasteiger partial charge in [0.15, 0.2) is 0 Å². The molecule has 0 radical (unpaired) electrons. The molecule has 1 aliphatic rings. The minimum atomic E-state index is -3.68. The van der Waals surface area contributed by atoms with Crippen LogP contribution >= 0.6 is 0 Å². The molecule has 2 N–H and O–H groups in total. The van der Waals surface area contributed by atoms with Crippen LogP contribution in [-0.4, -0.2) is 27.5 Å². The second-order valence-electron chi connectivity index (χ2n) is 6.58. The third-order valence-corrected chi connectivity index (χ3v) is 5.99. The van der Waals surface area contributed by atoms with E-state index in [4.69, 9.17) is 0 Å². The maximum Gasteiger partial charge on any atom is 0.321 e. The number of hydrogen-bond donors (Lipinski definition) is 2. The van der Waals surface area contributed by atoms with Gasteiger partial charge >= 0.3 is 6.03 Å². The average Bonchev–Trinajstić information content (AvgIpc) is 3.09. The van der Waals surface area contributed by atoms with Crippen LogP contribution in [0, 0.1) is 0 Å². The first-order chi connectivity index (χ1) is 12.9. The first-order valence-electron chi connectivity index (χ1n) is 9.24. The van der Waals surface area contributed by atoms with Crippen molar-refractivity contribution in [3.63, 3.8) is 0 Å². The first kappa shape index (κ1) is 19.2. The fourth-order valence-corrected chi connectivity index (χ4v) is 4.25. The Morgan fingerprint density at radius 1 is 1.15 bits per heavy atom. The van der Waals surface area contributed by atoms with Gasteiger partial charge in [-0.1, -0.05) is 26.0 Å². The van der Waals surface area contributed by atoms with E-state index < -0.39 is 10.0 Å². The summed E-state index contributed by atoms with van der Waals surface area (Å²) < 4.78 is 28.1. The molecule has 2 aromatic rings. The minimum absolute atomic E-state index is 0.138. The Labute approximate surface area is 160 Å². The molecule has 0 saturated carbocycles. The predicted octanol–water partition coefficient (Wildman–Crippen LogP) is 3.53. The Kier molecular flexibility index (Phi) is 5.70. The number of aryl methyl sites for hydroxylation is 1. The number of urea groups is 1. The number of amides is 2. The molecule has 0 spiro atoms. The van der Waals surface area contributed by atoms with Crippen molar-refractivity contribution in [3.8, 4) is 0 Å². The zero-order chi connectivity index (χ0) is 19.4. The van der Waals surface area contributed by atoms with E-state index in [1.165, 1.54) is 0 Å². The molecule has 2 amide bonds. The van der Waals surface area contributed by atoms with Gasteiger partial charge in [-0.2, -0.15) is 0 Å². The summed E-state index contributed by atoms with van der Waals surface area (Å²) in [4.78, 5) is 14.1. The van der Waals surface area contributed by atoms with Crippen LogP contribution in [0.2, 0.25) is 0 Å². The van der Waals surface area contributed by atoms with Gasteiger partial charge in [0.05, 0.1) is 4.90 Å². The van der Waals surface area contributed by atoms with Gasteiger partial charge in [0.1, 0.15) is 0 Å². The molecule has 6 nitrogen and oxygen atoms in total. The van der Waals surface area contributed by atoms with Crippen molar-refractivity contribution >= 4 is 27.4 Å². The lowest BCUT2D eigenvalue weighted by Gasteiger charge is -2.18. The van der Waals surface area contributed by atoms with E-state index in [0.29, 0.717) is 25.2 Å². The van der Waals surface area contributed by atoms with E-state index >= 15 is 0 Å². The zero-order valence-electron chi connectivity index (χ0n) is 15.7. The molecule has 0 aliphatic carbocycles. The van der Waals surface area contributed by atoms with E-state index in [-0.39, 0.29) is 10.9 Å². The second-order valence-corrected chi connectivity index (χ2v) is 8.27. The van der Waals surface area contributed by atoms with Crippen molar-refractivity contribution in [3.05, 3.63) is 53.6 Å². The Morgan fingerprint density at radius 2 is 1.96 bits per heavy atom. The van der Waals surface area contributed by atoms with Gasteiger partial charge in [0.25, 0.3) is 10.0 Å². The first-order valence-corrected chi connectivity index (χ1v) is 10.7. The lowest BCUT2D eigenvalue weighted by Crippen LogP contribution is -2.39. The molecule has 0 aromatic heterocycles. The fourth-order valence-electron chi connectivity index (χ4n) is 3.15. The van der Waals surface area contributed by atoms with E-state index in [9.17, 15) is 13.2 Å². The van der Waals surface area contributed by atoms with Crippen LogP contribution in [0.4, 0.5) is 16.2 Å². The molecule has 7 heteroatoms. The fraction of sp³-hybridized carbons (Fsp3) is 0.350. The SMILES string of the molecule is CCCNC(=O)N1CCc2cc(S(=O)(=O)Nc3cccc(CC)c3)ccc21. The number of carbonyl (C=O) groups excluding carboxylic acids is 1. The smallest absolute Gasteiger partial charge is 0.321 e. The largest absolute Gasteiger partial charge is 0.338 e. The number of hydrogen-bond acceptors (Lipinski definition) is 3. The number of sulfonamides is 1. The molecule has 1 heterocycles. The van der Waals surface area contributed by atoms with Crippen molar-refractivity contribution < 1.29 is 13.2 Å². The highest BCUT2D eigenvalue weighted by molar-refractivity contribution is 7.92. The molecule has 0 fully saturated rings. The lowest BCUT2D eigenvalue weighted by atomic mass is 10.1. The molecular weight excluding hydrogens is 362 g/mol. The zero-order valence-corrected chi connectivity index (χ0v) is 16.5. The number of nitrogens with one attached hydrogen (secondary N) is 2. The Morgan fingerprint density at radius 3 is 2.70 bits per heavy atom. The number of nitrogens with zero attached hydrogens (tertiary/aromatic N) is 1. The van der Waals surface area contributed by atoms with E-state index in [1.807, 2.05) is 32.0 Å².